The molecule has 0 aliphatic rings. The zero-order valence-corrected chi connectivity index (χ0v) is 10.6. The predicted molar refractivity (Wildman–Crippen MR) is 68.7 cm³/mol. The summed E-state index contributed by atoms with van der Waals surface area (Å²) in [6, 6.07) is 0.462. The van der Waals surface area contributed by atoms with Crippen LogP contribution in [0.25, 0.3) is 0 Å². The highest BCUT2D eigenvalue weighted by Crippen LogP contribution is 2.19. The van der Waals surface area contributed by atoms with Crippen molar-refractivity contribution in [2.45, 2.75) is 33.7 Å². The van der Waals surface area contributed by atoms with Gasteiger partial charge in [-0.15, -0.1) is 6.42 Å². The molecule has 0 saturated heterocycles. The third-order valence-electron chi connectivity index (χ3n) is 2.98. The Bertz CT molecular complexity index is 268. The van der Waals surface area contributed by atoms with Crippen LogP contribution < -0.4 is 0 Å². The highest BCUT2D eigenvalue weighted by Gasteiger charge is 2.17. The van der Waals surface area contributed by atoms with Crippen LogP contribution in [0.2, 0.25) is 0 Å². The topological polar surface area (TPSA) is 3.24 Å². The second-order valence-corrected chi connectivity index (χ2v) is 3.94. The monoisotopic (exact) mass is 205 g/mol. The van der Waals surface area contributed by atoms with E-state index >= 15 is 0 Å². The molecule has 0 saturated carbocycles. The minimum absolute atomic E-state index is 0.462. The molecule has 0 fully saturated rings. The molecule has 0 aliphatic carbocycles. The SMILES string of the molecule is C#CCN(C)[C@H](C)[C@@H](C)C(/C=C\C)=C/C. The first-order valence-corrected chi connectivity index (χ1v) is 5.51. The average Bonchev–Trinajstić information content (AvgIpc) is 2.24. The number of hydrogen-bond donors (Lipinski definition) is 0. The van der Waals surface area contributed by atoms with E-state index < -0.39 is 0 Å². The maximum absolute atomic E-state index is 5.31. The highest BCUT2D eigenvalue weighted by atomic mass is 15.1. The van der Waals surface area contributed by atoms with E-state index in [-0.39, 0.29) is 0 Å². The fraction of sp³-hybridized carbons (Fsp3) is 0.571. The molecule has 1 heteroatoms. The van der Waals surface area contributed by atoms with Gasteiger partial charge in [-0.25, -0.2) is 0 Å². The Morgan fingerprint density at radius 3 is 2.40 bits per heavy atom. The van der Waals surface area contributed by atoms with Crippen LogP contribution in [0.1, 0.15) is 27.7 Å². The van der Waals surface area contributed by atoms with E-state index in [0.29, 0.717) is 18.5 Å². The van der Waals surface area contributed by atoms with Crippen molar-refractivity contribution in [3.8, 4) is 12.3 Å². The van der Waals surface area contributed by atoms with Gasteiger partial charge in [0, 0.05) is 6.04 Å². The van der Waals surface area contributed by atoms with Crippen LogP contribution in [0.4, 0.5) is 0 Å². The minimum atomic E-state index is 0.462. The summed E-state index contributed by atoms with van der Waals surface area (Å²) in [4.78, 5) is 2.21. The maximum Gasteiger partial charge on any atom is 0.0598 e. The summed E-state index contributed by atoms with van der Waals surface area (Å²) in [6.07, 6.45) is 11.7. The first-order chi connectivity index (χ1) is 7.08. The largest absolute Gasteiger partial charge is 0.292 e. The van der Waals surface area contributed by atoms with Crippen molar-refractivity contribution in [3.05, 3.63) is 23.8 Å². The van der Waals surface area contributed by atoms with Crippen molar-refractivity contribution in [1.82, 2.24) is 4.90 Å². The zero-order valence-electron chi connectivity index (χ0n) is 10.6. The molecule has 0 aromatic carbocycles. The second kappa shape index (κ2) is 7.31. The van der Waals surface area contributed by atoms with Gasteiger partial charge in [0.25, 0.3) is 0 Å². The molecule has 0 rings (SSSR count). The summed E-state index contributed by atoms with van der Waals surface area (Å²) >= 11 is 0. The van der Waals surface area contributed by atoms with Crippen molar-refractivity contribution >= 4 is 0 Å². The van der Waals surface area contributed by atoms with Gasteiger partial charge in [0.1, 0.15) is 0 Å². The van der Waals surface area contributed by atoms with Crippen LogP contribution in [0.15, 0.2) is 23.8 Å². The number of nitrogens with zero attached hydrogens (tertiary/aromatic N) is 1. The molecule has 1 nitrogen and oxygen atoms in total. The van der Waals surface area contributed by atoms with E-state index in [2.05, 4.69) is 56.9 Å². The zero-order chi connectivity index (χ0) is 11.8. The summed E-state index contributed by atoms with van der Waals surface area (Å²) in [5.41, 5.74) is 1.37. The van der Waals surface area contributed by atoms with Crippen LogP contribution in [-0.4, -0.2) is 24.5 Å². The van der Waals surface area contributed by atoms with Crippen molar-refractivity contribution in [3.63, 3.8) is 0 Å². The Morgan fingerprint density at radius 2 is 2.00 bits per heavy atom. The molecule has 2 atom stereocenters. The minimum Gasteiger partial charge on any atom is -0.292 e. The Labute approximate surface area is 94.9 Å². The second-order valence-electron chi connectivity index (χ2n) is 3.94. The summed E-state index contributed by atoms with van der Waals surface area (Å²) in [6.45, 7) is 9.30. The molecule has 0 bridgehead atoms. The summed E-state index contributed by atoms with van der Waals surface area (Å²) in [7, 11) is 2.07. The van der Waals surface area contributed by atoms with Gasteiger partial charge >= 0.3 is 0 Å². The maximum atomic E-state index is 5.31. The normalized spacial score (nSPS) is 16.7. The van der Waals surface area contributed by atoms with Crippen molar-refractivity contribution < 1.29 is 0 Å². The van der Waals surface area contributed by atoms with E-state index in [9.17, 15) is 0 Å². The van der Waals surface area contributed by atoms with Gasteiger partial charge < -0.3 is 0 Å². The number of allylic oxidation sites excluding steroid dienone is 3. The summed E-state index contributed by atoms with van der Waals surface area (Å²) in [5.74, 6) is 3.18. The number of rotatable bonds is 5. The molecule has 0 radical (unpaired) electrons. The Morgan fingerprint density at radius 1 is 1.40 bits per heavy atom. The molecule has 0 unspecified atom stereocenters. The smallest absolute Gasteiger partial charge is 0.0598 e. The number of terminal acetylenes is 1. The quantitative estimate of drug-likeness (QED) is 0.492. The fourth-order valence-electron chi connectivity index (χ4n) is 1.65. The van der Waals surface area contributed by atoms with Crippen LogP contribution in [0.5, 0.6) is 0 Å². The van der Waals surface area contributed by atoms with Gasteiger partial charge in [0.2, 0.25) is 0 Å². The average molecular weight is 205 g/mol. The van der Waals surface area contributed by atoms with E-state index in [4.69, 9.17) is 6.42 Å². The first-order valence-electron chi connectivity index (χ1n) is 5.51. The van der Waals surface area contributed by atoms with Crippen molar-refractivity contribution in [1.29, 1.82) is 0 Å². The Balaban J connectivity index is 4.55. The number of hydrogen-bond acceptors (Lipinski definition) is 1. The lowest BCUT2D eigenvalue weighted by atomic mass is 9.92. The Hall–Kier alpha value is -1.00. The molecule has 0 aromatic rings. The van der Waals surface area contributed by atoms with Gasteiger partial charge in [-0.1, -0.05) is 31.1 Å². The Kier molecular flexibility index (Phi) is 6.83. The predicted octanol–water partition coefficient (Wildman–Crippen LogP) is 3.10. The van der Waals surface area contributed by atoms with E-state index in [1.807, 2.05) is 6.92 Å². The van der Waals surface area contributed by atoms with Gasteiger partial charge in [-0.05, 0) is 39.3 Å². The van der Waals surface area contributed by atoms with Gasteiger partial charge in [-0.3, -0.25) is 4.90 Å². The van der Waals surface area contributed by atoms with E-state index in [1.54, 1.807) is 0 Å². The molecular formula is C14H23N. The van der Waals surface area contributed by atoms with Gasteiger partial charge in [0.15, 0.2) is 0 Å². The van der Waals surface area contributed by atoms with Crippen molar-refractivity contribution in [2.24, 2.45) is 5.92 Å². The molecule has 15 heavy (non-hydrogen) atoms. The third kappa shape index (κ3) is 4.36. The fourth-order valence-corrected chi connectivity index (χ4v) is 1.65. The van der Waals surface area contributed by atoms with Gasteiger partial charge in [-0.2, -0.15) is 0 Å². The molecular weight excluding hydrogens is 182 g/mol. The molecule has 0 aromatic heterocycles. The molecule has 84 valence electrons. The lowest BCUT2D eigenvalue weighted by molar-refractivity contribution is 0.242. The molecule has 0 aliphatic heterocycles. The van der Waals surface area contributed by atoms with Gasteiger partial charge in [0.05, 0.1) is 6.54 Å². The van der Waals surface area contributed by atoms with Crippen molar-refractivity contribution in [2.75, 3.05) is 13.6 Å². The standard InChI is InChI=1S/C14H23N/c1-7-10-14(9-3)12(4)13(5)15(6)11-8-2/h2,7,9-10,12-13H,11H2,1,3-6H3/b10-7-,14-9+/t12-,13-/m1/s1. The lowest BCUT2D eigenvalue weighted by Crippen LogP contribution is -2.35. The highest BCUT2D eigenvalue weighted by molar-refractivity contribution is 5.21. The molecule has 0 spiro atoms. The lowest BCUT2D eigenvalue weighted by Gasteiger charge is -2.29. The molecule has 0 heterocycles. The first kappa shape index (κ1) is 14.0. The third-order valence-corrected chi connectivity index (χ3v) is 2.98. The van der Waals surface area contributed by atoms with Crippen LogP contribution >= 0.6 is 0 Å². The molecule has 0 N–H and O–H groups in total. The summed E-state index contributed by atoms with van der Waals surface area (Å²) < 4.78 is 0. The van der Waals surface area contributed by atoms with E-state index in [1.165, 1.54) is 5.57 Å². The van der Waals surface area contributed by atoms with Crippen LogP contribution in [0, 0.1) is 18.3 Å². The molecule has 0 amide bonds. The van der Waals surface area contributed by atoms with Crippen LogP contribution in [0.3, 0.4) is 0 Å². The summed E-state index contributed by atoms with van der Waals surface area (Å²) in [5, 5.41) is 0. The van der Waals surface area contributed by atoms with Crippen LogP contribution in [-0.2, 0) is 0 Å². The van der Waals surface area contributed by atoms with E-state index in [0.717, 1.165) is 0 Å².